The van der Waals surface area contributed by atoms with E-state index in [0.717, 1.165) is 35.2 Å². The van der Waals surface area contributed by atoms with Crippen LogP contribution in [-0.4, -0.2) is 16.1 Å². The minimum atomic E-state index is 0.350. The van der Waals surface area contributed by atoms with Crippen molar-refractivity contribution in [3.63, 3.8) is 0 Å². The fourth-order valence-corrected chi connectivity index (χ4v) is 2.70. The third-order valence-corrected chi connectivity index (χ3v) is 3.82. The van der Waals surface area contributed by atoms with Gasteiger partial charge in [-0.1, -0.05) is 29.8 Å². The molecule has 2 N–H and O–H groups in total. The predicted molar refractivity (Wildman–Crippen MR) is 79.8 cm³/mol. The van der Waals surface area contributed by atoms with Crippen LogP contribution in [0.3, 0.4) is 0 Å². The molecule has 0 amide bonds. The van der Waals surface area contributed by atoms with Crippen LogP contribution >= 0.6 is 15.9 Å². The summed E-state index contributed by atoms with van der Waals surface area (Å²) in [6.07, 6.45) is 2.14. The number of benzene rings is 1. The molecule has 1 aromatic carbocycles. The normalized spacial score (nSPS) is 13.1. The lowest BCUT2D eigenvalue weighted by Crippen LogP contribution is -2.17. The Bertz CT molecular complexity index is 529. The van der Waals surface area contributed by atoms with Crippen LogP contribution in [0.4, 0.5) is 0 Å². The van der Waals surface area contributed by atoms with Crippen molar-refractivity contribution in [1.82, 2.24) is 9.55 Å². The molecule has 1 heterocycles. The number of hydrogen-bond donors (Lipinski definition) is 1. The van der Waals surface area contributed by atoms with E-state index in [4.69, 9.17) is 10.7 Å². The van der Waals surface area contributed by atoms with E-state index < -0.39 is 0 Å². The number of nitrogens with two attached hydrogens (primary N) is 1. The second kappa shape index (κ2) is 5.85. The third-order valence-electron chi connectivity index (χ3n) is 3.33. The molecule has 0 saturated carbocycles. The fourth-order valence-electron chi connectivity index (χ4n) is 2.35. The van der Waals surface area contributed by atoms with Gasteiger partial charge < -0.3 is 10.3 Å². The van der Waals surface area contributed by atoms with Crippen LogP contribution < -0.4 is 5.73 Å². The number of aryl methyl sites for hydroxylation is 1. The first-order chi connectivity index (χ1) is 8.71. The van der Waals surface area contributed by atoms with E-state index in [1.807, 2.05) is 0 Å². The van der Waals surface area contributed by atoms with Crippen LogP contribution in [0.2, 0.25) is 0 Å². The molecule has 1 unspecified atom stereocenters. The van der Waals surface area contributed by atoms with Gasteiger partial charge in [-0.05, 0) is 31.0 Å². The van der Waals surface area contributed by atoms with Crippen molar-refractivity contribution in [3.05, 3.63) is 28.5 Å². The van der Waals surface area contributed by atoms with Crippen molar-refractivity contribution in [1.29, 1.82) is 0 Å². The quantitative estimate of drug-likeness (QED) is 0.916. The minimum absolute atomic E-state index is 0.350. The van der Waals surface area contributed by atoms with Gasteiger partial charge in [0, 0.05) is 23.5 Å². The average molecular weight is 310 g/mol. The molecule has 1 aromatic heterocycles. The van der Waals surface area contributed by atoms with E-state index in [9.17, 15) is 0 Å². The molecule has 4 heteroatoms. The fraction of sp³-hybridized carbons (Fsp3) is 0.500. The summed E-state index contributed by atoms with van der Waals surface area (Å²) in [5.74, 6) is 1.48. The van der Waals surface area contributed by atoms with Crippen molar-refractivity contribution in [3.8, 4) is 0 Å². The molecule has 0 aliphatic rings. The third kappa shape index (κ3) is 2.45. The molecule has 0 bridgehead atoms. The van der Waals surface area contributed by atoms with Gasteiger partial charge in [-0.3, -0.25) is 0 Å². The van der Waals surface area contributed by atoms with Crippen LogP contribution in [0.15, 0.2) is 22.7 Å². The van der Waals surface area contributed by atoms with Crippen molar-refractivity contribution in [2.45, 2.75) is 39.2 Å². The molecule has 0 spiro atoms. The highest BCUT2D eigenvalue weighted by molar-refractivity contribution is 9.10. The Morgan fingerprint density at radius 3 is 2.78 bits per heavy atom. The summed E-state index contributed by atoms with van der Waals surface area (Å²) in [4.78, 5) is 4.79. The van der Waals surface area contributed by atoms with Crippen LogP contribution in [0.25, 0.3) is 11.0 Å². The largest absolute Gasteiger partial charge is 0.330 e. The molecule has 98 valence electrons. The van der Waals surface area contributed by atoms with Crippen LogP contribution in [-0.2, 0) is 6.54 Å². The van der Waals surface area contributed by atoms with Gasteiger partial charge in [0.25, 0.3) is 0 Å². The molecule has 18 heavy (non-hydrogen) atoms. The second-order valence-electron chi connectivity index (χ2n) is 4.60. The number of hydrogen-bond acceptors (Lipinski definition) is 2. The Balaban J connectivity index is 2.59. The lowest BCUT2D eigenvalue weighted by Gasteiger charge is -2.14. The molecule has 0 radical (unpaired) electrons. The van der Waals surface area contributed by atoms with E-state index in [1.165, 1.54) is 5.52 Å². The molecule has 0 saturated heterocycles. The summed E-state index contributed by atoms with van der Waals surface area (Å²) in [5, 5.41) is 0. The Morgan fingerprint density at radius 1 is 1.39 bits per heavy atom. The van der Waals surface area contributed by atoms with Gasteiger partial charge in [-0.15, -0.1) is 0 Å². The van der Waals surface area contributed by atoms with Crippen LogP contribution in [0.5, 0.6) is 0 Å². The molecule has 0 aliphatic carbocycles. The molecule has 0 aliphatic heterocycles. The van der Waals surface area contributed by atoms with Crippen LogP contribution in [0.1, 0.15) is 38.4 Å². The first kappa shape index (κ1) is 13.6. The molecule has 2 rings (SSSR count). The van der Waals surface area contributed by atoms with E-state index in [1.54, 1.807) is 0 Å². The highest BCUT2D eigenvalue weighted by Gasteiger charge is 2.17. The van der Waals surface area contributed by atoms with Crippen molar-refractivity contribution in [2.75, 3.05) is 6.54 Å². The lowest BCUT2D eigenvalue weighted by atomic mass is 10.1. The zero-order valence-corrected chi connectivity index (χ0v) is 12.6. The summed E-state index contributed by atoms with van der Waals surface area (Å²) < 4.78 is 3.39. The monoisotopic (exact) mass is 309 g/mol. The Morgan fingerprint density at radius 2 is 2.17 bits per heavy atom. The van der Waals surface area contributed by atoms with Gasteiger partial charge in [0.15, 0.2) is 0 Å². The maximum Gasteiger partial charge on any atom is 0.114 e. The van der Waals surface area contributed by atoms with Gasteiger partial charge in [0.1, 0.15) is 5.82 Å². The zero-order valence-electron chi connectivity index (χ0n) is 11.0. The zero-order chi connectivity index (χ0) is 13.1. The number of rotatable bonds is 5. The van der Waals surface area contributed by atoms with E-state index in [0.29, 0.717) is 12.5 Å². The van der Waals surface area contributed by atoms with Crippen molar-refractivity contribution >= 4 is 27.0 Å². The topological polar surface area (TPSA) is 43.8 Å². The molecule has 1 atom stereocenters. The minimum Gasteiger partial charge on any atom is -0.330 e. The number of aromatic nitrogens is 2. The Kier molecular flexibility index (Phi) is 4.40. The Hall–Kier alpha value is -0.870. The number of nitrogens with zero attached hydrogens (tertiary/aromatic N) is 2. The van der Waals surface area contributed by atoms with Crippen molar-refractivity contribution < 1.29 is 0 Å². The lowest BCUT2D eigenvalue weighted by molar-refractivity contribution is 0.567. The molecule has 3 nitrogen and oxygen atoms in total. The molecular formula is C14H20BrN3. The molecular weight excluding hydrogens is 290 g/mol. The van der Waals surface area contributed by atoms with Crippen molar-refractivity contribution in [2.24, 2.45) is 5.73 Å². The molecule has 0 fully saturated rings. The van der Waals surface area contributed by atoms with Crippen LogP contribution in [0, 0.1) is 0 Å². The predicted octanol–water partition coefficient (Wildman–Crippen LogP) is 3.66. The first-order valence-electron chi connectivity index (χ1n) is 6.57. The smallest absolute Gasteiger partial charge is 0.114 e. The summed E-state index contributed by atoms with van der Waals surface area (Å²) in [6, 6.07) is 6.28. The van der Waals surface area contributed by atoms with Gasteiger partial charge >= 0.3 is 0 Å². The highest BCUT2D eigenvalue weighted by atomic mass is 79.9. The van der Waals surface area contributed by atoms with E-state index >= 15 is 0 Å². The SMILES string of the molecule is CCCn1c(C(CC)CN)nc2cc(Br)ccc21. The van der Waals surface area contributed by atoms with E-state index in [-0.39, 0.29) is 0 Å². The van der Waals surface area contributed by atoms with E-state index in [2.05, 4.69) is 52.5 Å². The number of imidazole rings is 1. The maximum atomic E-state index is 5.87. The first-order valence-corrected chi connectivity index (χ1v) is 7.36. The maximum absolute atomic E-state index is 5.87. The van der Waals surface area contributed by atoms with Gasteiger partial charge in [-0.2, -0.15) is 0 Å². The number of fused-ring (bicyclic) bond motifs is 1. The average Bonchev–Trinajstić information content (AvgIpc) is 2.70. The standard InChI is InChI=1S/C14H20BrN3/c1-3-7-18-13-6-5-11(15)8-12(13)17-14(18)10(4-2)9-16/h5-6,8,10H,3-4,7,9,16H2,1-2H3. The van der Waals surface area contributed by atoms with Gasteiger partial charge in [0.2, 0.25) is 0 Å². The second-order valence-corrected chi connectivity index (χ2v) is 5.51. The molecule has 2 aromatic rings. The summed E-state index contributed by atoms with van der Waals surface area (Å²) >= 11 is 3.50. The summed E-state index contributed by atoms with van der Waals surface area (Å²) in [7, 11) is 0. The number of halogens is 1. The Labute approximate surface area is 117 Å². The van der Waals surface area contributed by atoms with Gasteiger partial charge in [-0.25, -0.2) is 4.98 Å². The highest BCUT2D eigenvalue weighted by Crippen LogP contribution is 2.26. The summed E-state index contributed by atoms with van der Waals surface area (Å²) in [6.45, 7) is 6.02. The summed E-state index contributed by atoms with van der Waals surface area (Å²) in [5.41, 5.74) is 8.13. The van der Waals surface area contributed by atoms with Gasteiger partial charge in [0.05, 0.1) is 11.0 Å².